The molecular formula is C13H18N4. The fraction of sp³-hybridized carbons (Fsp3) is 0.308. The van der Waals surface area contributed by atoms with E-state index in [1.165, 1.54) is 0 Å². The summed E-state index contributed by atoms with van der Waals surface area (Å²) in [5, 5.41) is 4.34. The van der Waals surface area contributed by atoms with Crippen molar-refractivity contribution in [2.24, 2.45) is 0 Å². The van der Waals surface area contributed by atoms with Gasteiger partial charge in [0.25, 0.3) is 0 Å². The van der Waals surface area contributed by atoms with Crippen LogP contribution < -0.4 is 11.1 Å². The van der Waals surface area contributed by atoms with E-state index in [-0.39, 0.29) is 0 Å². The predicted octanol–water partition coefficient (Wildman–Crippen LogP) is 1.79. The Morgan fingerprint density at radius 2 is 2.12 bits per heavy atom. The van der Waals surface area contributed by atoms with Crippen LogP contribution in [0, 0.1) is 0 Å². The van der Waals surface area contributed by atoms with E-state index in [1.54, 1.807) is 6.20 Å². The summed E-state index contributed by atoms with van der Waals surface area (Å²) in [4.78, 5) is 6.41. The third-order valence-corrected chi connectivity index (χ3v) is 2.70. The van der Waals surface area contributed by atoms with Crippen LogP contribution in [-0.2, 0) is 0 Å². The van der Waals surface area contributed by atoms with Gasteiger partial charge in [-0.05, 0) is 38.4 Å². The Bertz CT molecular complexity index is 508. The highest BCUT2D eigenvalue weighted by molar-refractivity contribution is 5.96. The minimum atomic E-state index is 0.773. The number of benzene rings is 1. The molecule has 1 aromatic carbocycles. The maximum absolute atomic E-state index is 6.12. The molecule has 0 spiro atoms. The first-order chi connectivity index (χ1) is 8.18. The van der Waals surface area contributed by atoms with Gasteiger partial charge >= 0.3 is 0 Å². The smallest absolute Gasteiger partial charge is 0.0724 e. The summed E-state index contributed by atoms with van der Waals surface area (Å²) in [6.07, 6.45) is 1.78. The van der Waals surface area contributed by atoms with E-state index < -0.39 is 0 Å². The quantitative estimate of drug-likeness (QED) is 0.786. The molecule has 0 atom stereocenters. The Morgan fingerprint density at radius 3 is 2.88 bits per heavy atom. The maximum atomic E-state index is 6.12. The Hall–Kier alpha value is -1.81. The Kier molecular flexibility index (Phi) is 3.44. The molecule has 1 heterocycles. The van der Waals surface area contributed by atoms with Crippen LogP contribution in [0.2, 0.25) is 0 Å². The zero-order valence-electron chi connectivity index (χ0n) is 10.3. The van der Waals surface area contributed by atoms with Crippen molar-refractivity contribution in [3.63, 3.8) is 0 Å². The van der Waals surface area contributed by atoms with Crippen LogP contribution in [-0.4, -0.2) is 37.1 Å². The van der Waals surface area contributed by atoms with Gasteiger partial charge in [0, 0.05) is 24.7 Å². The first-order valence-electron chi connectivity index (χ1n) is 5.70. The summed E-state index contributed by atoms with van der Waals surface area (Å²) in [5.74, 6) is 0. The molecule has 90 valence electrons. The minimum absolute atomic E-state index is 0.773. The molecule has 1 aromatic heterocycles. The number of hydrogen-bond donors (Lipinski definition) is 2. The highest BCUT2D eigenvalue weighted by Gasteiger charge is 2.04. The van der Waals surface area contributed by atoms with Crippen LogP contribution >= 0.6 is 0 Å². The van der Waals surface area contributed by atoms with Crippen LogP contribution in [0.1, 0.15) is 0 Å². The molecule has 2 aromatic rings. The second-order valence-electron chi connectivity index (χ2n) is 4.33. The first kappa shape index (κ1) is 11.7. The van der Waals surface area contributed by atoms with Crippen molar-refractivity contribution in [1.29, 1.82) is 0 Å². The molecule has 0 unspecified atom stereocenters. The number of fused-ring (bicyclic) bond motifs is 1. The van der Waals surface area contributed by atoms with Crippen molar-refractivity contribution < 1.29 is 0 Å². The van der Waals surface area contributed by atoms with Gasteiger partial charge in [-0.2, -0.15) is 0 Å². The van der Waals surface area contributed by atoms with Crippen molar-refractivity contribution >= 4 is 22.3 Å². The second kappa shape index (κ2) is 5.01. The summed E-state index contributed by atoms with van der Waals surface area (Å²) in [7, 11) is 4.10. The van der Waals surface area contributed by atoms with Gasteiger partial charge in [0.1, 0.15) is 0 Å². The molecule has 0 bridgehead atoms. The lowest BCUT2D eigenvalue weighted by molar-refractivity contribution is 0.425. The normalized spacial score (nSPS) is 11.0. The molecule has 0 aliphatic heterocycles. The van der Waals surface area contributed by atoms with Crippen LogP contribution in [0.3, 0.4) is 0 Å². The highest BCUT2D eigenvalue weighted by atomic mass is 15.1. The van der Waals surface area contributed by atoms with Gasteiger partial charge in [0.05, 0.1) is 16.9 Å². The number of pyridine rings is 1. The number of likely N-dealkylation sites (N-methyl/N-ethyl adjacent to an activating group) is 1. The summed E-state index contributed by atoms with van der Waals surface area (Å²) < 4.78 is 0. The van der Waals surface area contributed by atoms with E-state index >= 15 is 0 Å². The molecule has 0 fully saturated rings. The molecule has 0 saturated carbocycles. The number of nitrogens with one attached hydrogen (secondary N) is 1. The van der Waals surface area contributed by atoms with Gasteiger partial charge in [0.15, 0.2) is 0 Å². The number of rotatable bonds is 4. The average molecular weight is 230 g/mol. The van der Waals surface area contributed by atoms with Crippen molar-refractivity contribution in [2.75, 3.05) is 38.2 Å². The molecule has 0 aliphatic carbocycles. The van der Waals surface area contributed by atoms with Gasteiger partial charge in [-0.15, -0.1) is 0 Å². The molecule has 0 amide bonds. The highest BCUT2D eigenvalue weighted by Crippen LogP contribution is 2.26. The van der Waals surface area contributed by atoms with E-state index in [1.807, 2.05) is 24.3 Å². The maximum Gasteiger partial charge on any atom is 0.0724 e. The molecule has 3 N–H and O–H groups in total. The van der Waals surface area contributed by atoms with E-state index in [0.29, 0.717) is 0 Å². The topological polar surface area (TPSA) is 54.2 Å². The fourth-order valence-corrected chi connectivity index (χ4v) is 1.74. The van der Waals surface area contributed by atoms with Crippen molar-refractivity contribution in [3.05, 3.63) is 30.5 Å². The van der Waals surface area contributed by atoms with Crippen LogP contribution in [0.4, 0.5) is 11.4 Å². The fourth-order valence-electron chi connectivity index (χ4n) is 1.74. The average Bonchev–Trinajstić information content (AvgIpc) is 2.32. The summed E-state index contributed by atoms with van der Waals surface area (Å²) in [6, 6.07) is 7.88. The number of nitrogen functional groups attached to an aromatic ring is 1. The zero-order valence-corrected chi connectivity index (χ0v) is 10.3. The second-order valence-corrected chi connectivity index (χ2v) is 4.33. The molecular weight excluding hydrogens is 212 g/mol. The third-order valence-electron chi connectivity index (χ3n) is 2.70. The third kappa shape index (κ3) is 2.65. The molecule has 4 nitrogen and oxygen atoms in total. The van der Waals surface area contributed by atoms with E-state index in [4.69, 9.17) is 5.73 Å². The monoisotopic (exact) mass is 230 g/mol. The lowest BCUT2D eigenvalue weighted by atomic mass is 10.1. The standard InChI is InChI=1S/C13H18N4/c1-17(2)9-8-16-12-6-5-11-10(13(12)14)4-3-7-15-11/h3-7,16H,8-9,14H2,1-2H3. The SMILES string of the molecule is CN(C)CCNc1ccc2ncccc2c1N. The lowest BCUT2D eigenvalue weighted by Crippen LogP contribution is -2.21. The van der Waals surface area contributed by atoms with Gasteiger partial charge in [0.2, 0.25) is 0 Å². The number of nitrogens with zero attached hydrogens (tertiary/aromatic N) is 2. The zero-order chi connectivity index (χ0) is 12.3. The van der Waals surface area contributed by atoms with Gasteiger partial charge < -0.3 is 16.0 Å². The predicted molar refractivity (Wildman–Crippen MR) is 73.2 cm³/mol. The van der Waals surface area contributed by atoms with Gasteiger partial charge in [-0.1, -0.05) is 0 Å². The number of anilines is 2. The molecule has 0 saturated heterocycles. The first-order valence-corrected chi connectivity index (χ1v) is 5.70. The van der Waals surface area contributed by atoms with E-state index in [9.17, 15) is 0 Å². The number of nitrogens with two attached hydrogens (primary N) is 1. The Labute approximate surface area is 101 Å². The van der Waals surface area contributed by atoms with Crippen LogP contribution in [0.15, 0.2) is 30.5 Å². The Balaban J connectivity index is 2.21. The minimum Gasteiger partial charge on any atom is -0.397 e. The molecule has 2 rings (SSSR count). The van der Waals surface area contributed by atoms with Crippen LogP contribution in [0.25, 0.3) is 10.9 Å². The summed E-state index contributed by atoms with van der Waals surface area (Å²) in [5.41, 5.74) is 8.80. The van der Waals surface area contributed by atoms with Crippen molar-refractivity contribution in [2.45, 2.75) is 0 Å². The number of aromatic nitrogens is 1. The van der Waals surface area contributed by atoms with Gasteiger partial charge in [-0.25, -0.2) is 0 Å². The van der Waals surface area contributed by atoms with Crippen molar-refractivity contribution in [3.8, 4) is 0 Å². The number of hydrogen-bond acceptors (Lipinski definition) is 4. The Morgan fingerprint density at radius 1 is 1.29 bits per heavy atom. The molecule has 17 heavy (non-hydrogen) atoms. The van der Waals surface area contributed by atoms with Gasteiger partial charge in [-0.3, -0.25) is 4.98 Å². The van der Waals surface area contributed by atoms with Crippen molar-refractivity contribution in [1.82, 2.24) is 9.88 Å². The van der Waals surface area contributed by atoms with Crippen LogP contribution in [0.5, 0.6) is 0 Å². The summed E-state index contributed by atoms with van der Waals surface area (Å²) in [6.45, 7) is 1.85. The molecule has 0 aliphatic rings. The largest absolute Gasteiger partial charge is 0.397 e. The van der Waals surface area contributed by atoms with E-state index in [0.717, 1.165) is 35.4 Å². The van der Waals surface area contributed by atoms with E-state index in [2.05, 4.69) is 29.3 Å². The lowest BCUT2D eigenvalue weighted by Gasteiger charge is -2.13. The molecule has 4 heteroatoms. The summed E-state index contributed by atoms with van der Waals surface area (Å²) >= 11 is 0. The molecule has 0 radical (unpaired) electrons.